The number of benzene rings is 2. The molecule has 2 aromatic rings. The highest BCUT2D eigenvalue weighted by Crippen LogP contribution is 2.27. The van der Waals surface area contributed by atoms with Gasteiger partial charge in [0, 0.05) is 0 Å². The summed E-state index contributed by atoms with van der Waals surface area (Å²) < 4.78 is 5.38. The Bertz CT molecular complexity index is 547. The topological polar surface area (TPSA) is 46.5 Å². The molecular weight excluding hydrogens is 228 g/mol. The van der Waals surface area contributed by atoms with Gasteiger partial charge >= 0.3 is 5.97 Å². The summed E-state index contributed by atoms with van der Waals surface area (Å²) in [5, 5.41) is 9.07. The first-order valence-corrected chi connectivity index (χ1v) is 5.78. The molecule has 92 valence electrons. The molecule has 0 fully saturated rings. The Labute approximate surface area is 106 Å². The van der Waals surface area contributed by atoms with Gasteiger partial charge in [-0.05, 0) is 30.2 Å². The molecule has 2 rings (SSSR count). The molecule has 0 aliphatic heterocycles. The molecule has 0 atom stereocenters. The SMILES string of the molecule is CCOc1cc(-c2ccccc2)ccc1C(=O)O. The van der Waals surface area contributed by atoms with Crippen LogP contribution in [0.2, 0.25) is 0 Å². The third-order valence-electron chi connectivity index (χ3n) is 2.62. The van der Waals surface area contributed by atoms with Crippen LogP contribution in [0.3, 0.4) is 0 Å². The second-order valence-electron chi connectivity index (χ2n) is 3.82. The highest BCUT2D eigenvalue weighted by Gasteiger charge is 2.12. The number of ether oxygens (including phenoxy) is 1. The van der Waals surface area contributed by atoms with Crippen LogP contribution in [0, 0.1) is 0 Å². The molecule has 0 aromatic heterocycles. The van der Waals surface area contributed by atoms with E-state index in [4.69, 9.17) is 9.84 Å². The zero-order chi connectivity index (χ0) is 13.0. The van der Waals surface area contributed by atoms with E-state index >= 15 is 0 Å². The second-order valence-corrected chi connectivity index (χ2v) is 3.82. The Morgan fingerprint density at radius 1 is 1.11 bits per heavy atom. The first kappa shape index (κ1) is 12.2. The van der Waals surface area contributed by atoms with Gasteiger partial charge in [0.1, 0.15) is 11.3 Å². The van der Waals surface area contributed by atoms with Crippen molar-refractivity contribution in [2.75, 3.05) is 6.61 Å². The van der Waals surface area contributed by atoms with E-state index in [2.05, 4.69) is 0 Å². The predicted molar refractivity (Wildman–Crippen MR) is 70.0 cm³/mol. The molecule has 0 aliphatic carbocycles. The van der Waals surface area contributed by atoms with Crippen molar-refractivity contribution >= 4 is 5.97 Å². The summed E-state index contributed by atoms with van der Waals surface area (Å²) in [5.41, 5.74) is 2.18. The summed E-state index contributed by atoms with van der Waals surface area (Å²) in [4.78, 5) is 11.1. The third kappa shape index (κ3) is 2.51. The molecule has 0 aliphatic rings. The first-order chi connectivity index (χ1) is 8.72. The average molecular weight is 242 g/mol. The molecule has 0 bridgehead atoms. The Morgan fingerprint density at radius 3 is 2.44 bits per heavy atom. The van der Waals surface area contributed by atoms with Crippen LogP contribution in [0.15, 0.2) is 48.5 Å². The van der Waals surface area contributed by atoms with Gasteiger partial charge in [-0.15, -0.1) is 0 Å². The monoisotopic (exact) mass is 242 g/mol. The minimum Gasteiger partial charge on any atom is -0.493 e. The molecule has 0 saturated carbocycles. The quantitative estimate of drug-likeness (QED) is 0.893. The first-order valence-electron chi connectivity index (χ1n) is 5.78. The Morgan fingerprint density at radius 2 is 1.83 bits per heavy atom. The predicted octanol–water partition coefficient (Wildman–Crippen LogP) is 3.45. The lowest BCUT2D eigenvalue weighted by atomic mass is 10.0. The molecule has 2 aromatic carbocycles. The minimum absolute atomic E-state index is 0.191. The smallest absolute Gasteiger partial charge is 0.339 e. The third-order valence-corrected chi connectivity index (χ3v) is 2.62. The number of aromatic carboxylic acids is 1. The largest absolute Gasteiger partial charge is 0.493 e. The number of carbonyl (C=O) groups is 1. The fourth-order valence-corrected chi connectivity index (χ4v) is 1.78. The van der Waals surface area contributed by atoms with Gasteiger partial charge in [0.25, 0.3) is 0 Å². The van der Waals surface area contributed by atoms with Gasteiger partial charge < -0.3 is 9.84 Å². The number of rotatable bonds is 4. The maximum absolute atomic E-state index is 11.1. The molecule has 3 nitrogen and oxygen atoms in total. The van der Waals surface area contributed by atoms with Gasteiger partial charge in [0.2, 0.25) is 0 Å². The number of carboxylic acid groups (broad SMARTS) is 1. The summed E-state index contributed by atoms with van der Waals surface area (Å²) in [6.07, 6.45) is 0. The summed E-state index contributed by atoms with van der Waals surface area (Å²) in [6, 6.07) is 14.9. The van der Waals surface area contributed by atoms with Crippen LogP contribution in [0.4, 0.5) is 0 Å². The molecule has 18 heavy (non-hydrogen) atoms. The number of hydrogen-bond donors (Lipinski definition) is 1. The van der Waals surface area contributed by atoms with E-state index in [0.717, 1.165) is 11.1 Å². The van der Waals surface area contributed by atoms with Gasteiger partial charge in [-0.25, -0.2) is 4.79 Å². The lowest BCUT2D eigenvalue weighted by Gasteiger charge is -2.09. The molecular formula is C15H14O3. The van der Waals surface area contributed by atoms with Crippen LogP contribution in [0.1, 0.15) is 17.3 Å². The molecule has 0 radical (unpaired) electrons. The summed E-state index contributed by atoms with van der Waals surface area (Å²) >= 11 is 0. The molecule has 3 heteroatoms. The second kappa shape index (κ2) is 5.36. The highest BCUT2D eigenvalue weighted by molar-refractivity contribution is 5.92. The lowest BCUT2D eigenvalue weighted by molar-refractivity contribution is 0.0692. The van der Waals surface area contributed by atoms with Crippen LogP contribution in [-0.2, 0) is 0 Å². The molecule has 0 unspecified atom stereocenters. The van der Waals surface area contributed by atoms with Gasteiger partial charge in [-0.2, -0.15) is 0 Å². The fraction of sp³-hybridized carbons (Fsp3) is 0.133. The van der Waals surface area contributed by atoms with E-state index in [1.54, 1.807) is 18.2 Å². The van der Waals surface area contributed by atoms with Crippen molar-refractivity contribution in [1.82, 2.24) is 0 Å². The highest BCUT2D eigenvalue weighted by atomic mass is 16.5. The van der Waals surface area contributed by atoms with E-state index < -0.39 is 5.97 Å². The van der Waals surface area contributed by atoms with E-state index in [1.807, 2.05) is 37.3 Å². The van der Waals surface area contributed by atoms with Crippen LogP contribution < -0.4 is 4.74 Å². The Kier molecular flexibility index (Phi) is 3.63. The van der Waals surface area contributed by atoms with Crippen LogP contribution >= 0.6 is 0 Å². The van der Waals surface area contributed by atoms with Gasteiger partial charge in [0.15, 0.2) is 0 Å². The van der Waals surface area contributed by atoms with Crippen LogP contribution in [0.25, 0.3) is 11.1 Å². The summed E-state index contributed by atoms with van der Waals surface area (Å²) in [6.45, 7) is 2.28. The molecule has 0 heterocycles. The van der Waals surface area contributed by atoms with E-state index in [-0.39, 0.29) is 5.56 Å². The van der Waals surface area contributed by atoms with E-state index in [9.17, 15) is 4.79 Å². The van der Waals surface area contributed by atoms with Gasteiger partial charge in [-0.1, -0.05) is 36.4 Å². The zero-order valence-corrected chi connectivity index (χ0v) is 10.1. The van der Waals surface area contributed by atoms with Crippen LogP contribution in [0.5, 0.6) is 5.75 Å². The Hall–Kier alpha value is -2.29. The zero-order valence-electron chi connectivity index (χ0n) is 10.1. The van der Waals surface area contributed by atoms with Crippen molar-refractivity contribution in [3.63, 3.8) is 0 Å². The number of hydrogen-bond acceptors (Lipinski definition) is 2. The molecule has 0 spiro atoms. The standard InChI is InChI=1S/C15H14O3/c1-2-18-14-10-12(8-9-13(14)15(16)17)11-6-4-3-5-7-11/h3-10H,2H2,1H3,(H,16,17). The number of carboxylic acids is 1. The van der Waals surface area contributed by atoms with E-state index in [1.165, 1.54) is 0 Å². The van der Waals surface area contributed by atoms with Crippen molar-refractivity contribution in [2.45, 2.75) is 6.92 Å². The van der Waals surface area contributed by atoms with Crippen molar-refractivity contribution in [1.29, 1.82) is 0 Å². The maximum atomic E-state index is 11.1. The minimum atomic E-state index is -0.974. The van der Waals surface area contributed by atoms with Crippen molar-refractivity contribution in [3.8, 4) is 16.9 Å². The summed E-state index contributed by atoms with van der Waals surface area (Å²) in [5.74, 6) is -0.565. The van der Waals surface area contributed by atoms with Crippen LogP contribution in [-0.4, -0.2) is 17.7 Å². The van der Waals surface area contributed by atoms with Crippen molar-refractivity contribution < 1.29 is 14.6 Å². The average Bonchev–Trinajstić information content (AvgIpc) is 2.40. The van der Waals surface area contributed by atoms with Gasteiger partial charge in [0.05, 0.1) is 6.61 Å². The normalized spacial score (nSPS) is 10.1. The van der Waals surface area contributed by atoms with Gasteiger partial charge in [-0.3, -0.25) is 0 Å². The molecule has 1 N–H and O–H groups in total. The van der Waals surface area contributed by atoms with Crippen molar-refractivity contribution in [2.24, 2.45) is 0 Å². The molecule has 0 amide bonds. The lowest BCUT2D eigenvalue weighted by Crippen LogP contribution is -2.02. The summed E-state index contributed by atoms with van der Waals surface area (Å²) in [7, 11) is 0. The van der Waals surface area contributed by atoms with Crippen molar-refractivity contribution in [3.05, 3.63) is 54.1 Å². The fourth-order valence-electron chi connectivity index (χ4n) is 1.78. The Balaban J connectivity index is 2.46. The molecule has 0 saturated heterocycles. The van der Waals surface area contributed by atoms with E-state index in [0.29, 0.717) is 12.4 Å². The maximum Gasteiger partial charge on any atom is 0.339 e.